The summed E-state index contributed by atoms with van der Waals surface area (Å²) in [4.78, 5) is 38.8. The molecule has 0 bridgehead atoms. The van der Waals surface area contributed by atoms with Gasteiger partial charge in [0.25, 0.3) is 11.5 Å². The minimum atomic E-state index is -0.785. The number of hydrogen-bond acceptors (Lipinski definition) is 6. The first-order valence-electron chi connectivity index (χ1n) is 9.11. The molecule has 28 heavy (non-hydrogen) atoms. The summed E-state index contributed by atoms with van der Waals surface area (Å²) in [5.74, 6) is -1.34. The molecule has 1 fully saturated rings. The summed E-state index contributed by atoms with van der Waals surface area (Å²) in [5, 5.41) is 24.2. The summed E-state index contributed by atoms with van der Waals surface area (Å²) in [5.41, 5.74) is 0.671. The number of carbonyl (C=O) groups excluding carboxylic acids is 1. The molecular formula is C19H22N4O5. The molecule has 148 valence electrons. The molecule has 1 heterocycles. The van der Waals surface area contributed by atoms with Crippen LogP contribution < -0.4 is 16.7 Å². The average molecular weight is 386 g/mol. The molecule has 9 nitrogen and oxygen atoms in total. The van der Waals surface area contributed by atoms with Gasteiger partial charge in [0, 0.05) is 6.04 Å². The van der Waals surface area contributed by atoms with Gasteiger partial charge in [-0.1, -0.05) is 31.4 Å². The second-order valence-electron chi connectivity index (χ2n) is 6.78. The molecule has 2 aromatic rings. The van der Waals surface area contributed by atoms with Gasteiger partial charge in [0.05, 0.1) is 11.3 Å². The first-order valence-corrected chi connectivity index (χ1v) is 9.11. The Hall–Kier alpha value is -3.36. The number of carbonyl (C=O) groups is 1. The maximum Gasteiger partial charge on any atom is 0.331 e. The van der Waals surface area contributed by atoms with Crippen LogP contribution in [0.2, 0.25) is 0 Å². The van der Waals surface area contributed by atoms with Crippen molar-refractivity contribution in [1.29, 1.82) is 0 Å². The van der Waals surface area contributed by atoms with Crippen LogP contribution >= 0.6 is 0 Å². The van der Waals surface area contributed by atoms with Crippen molar-refractivity contribution in [1.82, 2.24) is 15.0 Å². The van der Waals surface area contributed by atoms with E-state index >= 15 is 0 Å². The molecule has 0 aliphatic heterocycles. The van der Waals surface area contributed by atoms with Crippen LogP contribution in [-0.4, -0.2) is 31.4 Å². The number of benzene rings is 1. The van der Waals surface area contributed by atoms with E-state index in [0.717, 1.165) is 32.1 Å². The lowest BCUT2D eigenvalue weighted by atomic mass is 9.95. The Kier molecular flexibility index (Phi) is 5.62. The molecule has 0 radical (unpaired) electrons. The SMILES string of the molecule is C/C(=N\NC(=O)c1ccccc1O)c1c(O)n(C2CCCCC2)c(=O)[nH]c1=O. The number of H-pyrrole nitrogens is 1. The molecule has 1 saturated carbocycles. The van der Waals surface area contributed by atoms with Gasteiger partial charge in [0.2, 0.25) is 5.88 Å². The average Bonchev–Trinajstić information content (AvgIpc) is 2.67. The zero-order valence-corrected chi connectivity index (χ0v) is 15.4. The molecule has 0 atom stereocenters. The van der Waals surface area contributed by atoms with E-state index in [2.05, 4.69) is 15.5 Å². The van der Waals surface area contributed by atoms with Gasteiger partial charge in [-0.3, -0.25) is 19.1 Å². The second-order valence-corrected chi connectivity index (χ2v) is 6.78. The lowest BCUT2D eigenvalue weighted by Crippen LogP contribution is -2.36. The van der Waals surface area contributed by atoms with E-state index in [1.54, 1.807) is 12.1 Å². The molecule has 0 unspecified atom stereocenters. The zero-order valence-electron chi connectivity index (χ0n) is 15.4. The Labute approximate surface area is 160 Å². The molecule has 1 aromatic carbocycles. The fraction of sp³-hybridized carbons (Fsp3) is 0.368. The number of hydrogen-bond donors (Lipinski definition) is 4. The Bertz CT molecular complexity index is 1030. The van der Waals surface area contributed by atoms with E-state index in [9.17, 15) is 24.6 Å². The Balaban J connectivity index is 1.93. The molecule has 1 aliphatic rings. The quantitative estimate of drug-likeness (QED) is 0.467. The first kappa shape index (κ1) is 19.4. The van der Waals surface area contributed by atoms with Crippen LogP contribution in [0.1, 0.15) is 61.0 Å². The monoisotopic (exact) mass is 386 g/mol. The van der Waals surface area contributed by atoms with Crippen LogP contribution in [0.3, 0.4) is 0 Å². The van der Waals surface area contributed by atoms with E-state index in [4.69, 9.17) is 0 Å². The third-order valence-corrected chi connectivity index (χ3v) is 4.89. The van der Waals surface area contributed by atoms with Crippen molar-refractivity contribution < 1.29 is 15.0 Å². The molecule has 1 aromatic heterocycles. The summed E-state index contributed by atoms with van der Waals surface area (Å²) in [6, 6.07) is 5.75. The van der Waals surface area contributed by atoms with E-state index in [-0.39, 0.29) is 28.6 Å². The Morgan fingerprint density at radius 2 is 1.86 bits per heavy atom. The third-order valence-electron chi connectivity index (χ3n) is 4.89. The Morgan fingerprint density at radius 3 is 2.54 bits per heavy atom. The largest absolute Gasteiger partial charge is 0.507 e. The highest BCUT2D eigenvalue weighted by Crippen LogP contribution is 2.30. The standard InChI is InChI=1S/C19H22N4O5/c1-11(21-22-16(25)13-9-5-6-10-14(13)24)15-17(26)20-19(28)23(18(15)27)12-7-3-2-4-8-12/h5-6,9-10,12,24,27H,2-4,7-8H2,1H3,(H,22,25)(H,20,26,28)/b21-11+. The van der Waals surface area contributed by atoms with Crippen molar-refractivity contribution in [2.24, 2.45) is 5.10 Å². The van der Waals surface area contributed by atoms with Crippen molar-refractivity contribution in [2.75, 3.05) is 0 Å². The number of amides is 1. The highest BCUT2D eigenvalue weighted by atomic mass is 16.3. The topological polar surface area (TPSA) is 137 Å². The van der Waals surface area contributed by atoms with Crippen LogP contribution in [0.4, 0.5) is 0 Å². The van der Waals surface area contributed by atoms with Crippen LogP contribution in [-0.2, 0) is 0 Å². The first-order chi connectivity index (χ1) is 13.4. The van der Waals surface area contributed by atoms with Crippen molar-refractivity contribution in [3.05, 3.63) is 56.2 Å². The smallest absolute Gasteiger partial charge is 0.331 e. The summed E-state index contributed by atoms with van der Waals surface area (Å²) >= 11 is 0. The summed E-state index contributed by atoms with van der Waals surface area (Å²) in [6.07, 6.45) is 4.42. The van der Waals surface area contributed by atoms with Crippen molar-refractivity contribution >= 4 is 11.6 Å². The van der Waals surface area contributed by atoms with Gasteiger partial charge >= 0.3 is 5.69 Å². The van der Waals surface area contributed by atoms with E-state index in [0.29, 0.717) is 0 Å². The maximum atomic E-state index is 12.2. The van der Waals surface area contributed by atoms with Gasteiger partial charge in [-0.15, -0.1) is 0 Å². The van der Waals surface area contributed by atoms with Crippen molar-refractivity contribution in [2.45, 2.75) is 45.1 Å². The highest BCUT2D eigenvalue weighted by molar-refractivity contribution is 6.02. The number of hydrazone groups is 1. The van der Waals surface area contributed by atoms with E-state index in [1.165, 1.54) is 23.6 Å². The summed E-state index contributed by atoms with van der Waals surface area (Å²) < 4.78 is 1.19. The number of rotatable bonds is 4. The predicted octanol–water partition coefficient (Wildman–Crippen LogP) is 1.61. The highest BCUT2D eigenvalue weighted by Gasteiger charge is 2.24. The number of phenols is 1. The molecule has 9 heteroatoms. The molecule has 0 saturated heterocycles. The third kappa shape index (κ3) is 3.83. The Morgan fingerprint density at radius 1 is 1.18 bits per heavy atom. The predicted molar refractivity (Wildman–Crippen MR) is 103 cm³/mol. The molecule has 3 rings (SSSR count). The van der Waals surface area contributed by atoms with Gasteiger partial charge < -0.3 is 10.2 Å². The van der Waals surface area contributed by atoms with Gasteiger partial charge in [0.15, 0.2) is 0 Å². The fourth-order valence-corrected chi connectivity index (χ4v) is 3.46. The van der Waals surface area contributed by atoms with Gasteiger partial charge in [0.1, 0.15) is 11.3 Å². The second kappa shape index (κ2) is 8.12. The van der Waals surface area contributed by atoms with E-state index < -0.39 is 23.0 Å². The summed E-state index contributed by atoms with van der Waals surface area (Å²) in [7, 11) is 0. The van der Waals surface area contributed by atoms with Gasteiger partial charge in [-0.25, -0.2) is 10.2 Å². The number of para-hydroxylation sites is 1. The number of nitrogens with one attached hydrogen (secondary N) is 2. The van der Waals surface area contributed by atoms with Crippen molar-refractivity contribution in [3.8, 4) is 11.6 Å². The molecule has 4 N–H and O–H groups in total. The van der Waals surface area contributed by atoms with Crippen LogP contribution in [0.25, 0.3) is 0 Å². The molecule has 1 aliphatic carbocycles. The number of aromatic nitrogens is 2. The lowest BCUT2D eigenvalue weighted by Gasteiger charge is -2.25. The fourth-order valence-electron chi connectivity index (χ4n) is 3.46. The molecule has 0 spiro atoms. The lowest BCUT2D eigenvalue weighted by molar-refractivity contribution is 0.0952. The van der Waals surface area contributed by atoms with E-state index in [1.807, 2.05) is 0 Å². The minimum absolute atomic E-state index is 0.0179. The van der Waals surface area contributed by atoms with Gasteiger partial charge in [-0.05, 0) is 31.9 Å². The zero-order chi connectivity index (χ0) is 20.3. The number of phenolic OH excluding ortho intramolecular Hbond substituents is 1. The maximum absolute atomic E-state index is 12.2. The molecule has 1 amide bonds. The number of aromatic hydroxyl groups is 2. The summed E-state index contributed by atoms with van der Waals surface area (Å²) in [6.45, 7) is 1.44. The number of nitrogens with zero attached hydrogens (tertiary/aromatic N) is 2. The van der Waals surface area contributed by atoms with Gasteiger partial charge in [-0.2, -0.15) is 5.10 Å². The number of aromatic amines is 1. The van der Waals surface area contributed by atoms with Crippen molar-refractivity contribution in [3.63, 3.8) is 0 Å². The molecular weight excluding hydrogens is 364 g/mol. The van der Waals surface area contributed by atoms with Crippen LogP contribution in [0.5, 0.6) is 11.6 Å². The minimum Gasteiger partial charge on any atom is -0.507 e. The van der Waals surface area contributed by atoms with Crippen LogP contribution in [0, 0.1) is 0 Å². The van der Waals surface area contributed by atoms with Crippen LogP contribution in [0.15, 0.2) is 39.0 Å². The normalized spacial score (nSPS) is 15.4.